The lowest BCUT2D eigenvalue weighted by atomic mass is 10.1. The summed E-state index contributed by atoms with van der Waals surface area (Å²) >= 11 is 0. The van der Waals surface area contributed by atoms with E-state index in [0.29, 0.717) is 16.8 Å². The molecule has 6 nitrogen and oxygen atoms in total. The van der Waals surface area contributed by atoms with E-state index < -0.39 is 16.0 Å². The maximum atomic E-state index is 12.4. The van der Waals surface area contributed by atoms with Gasteiger partial charge in [0.25, 0.3) is 0 Å². The molecule has 3 rings (SSSR count). The number of nitrogens with one attached hydrogen (secondary N) is 1. The predicted octanol–water partition coefficient (Wildman–Crippen LogP) is 3.41. The van der Waals surface area contributed by atoms with Gasteiger partial charge in [-0.3, -0.25) is 4.72 Å². The molecule has 27 heavy (non-hydrogen) atoms. The highest BCUT2D eigenvalue weighted by molar-refractivity contribution is 7.91. The molecule has 1 N–H and O–H groups in total. The molecular formula is C20H24N2O4S. The number of hydrogen-bond acceptors (Lipinski definition) is 5. The number of rotatable bonds is 6. The van der Waals surface area contributed by atoms with Crippen LogP contribution in [0, 0.1) is 0 Å². The van der Waals surface area contributed by atoms with Gasteiger partial charge < -0.3 is 9.64 Å². The highest BCUT2D eigenvalue weighted by Gasteiger charge is 2.14. The Morgan fingerprint density at radius 2 is 1.63 bits per heavy atom. The fraction of sp³-hybridized carbons (Fsp3) is 0.350. The van der Waals surface area contributed by atoms with Crippen molar-refractivity contribution < 1.29 is 17.9 Å². The molecule has 2 aromatic carbocycles. The van der Waals surface area contributed by atoms with Crippen LogP contribution in [0.5, 0.6) is 0 Å². The van der Waals surface area contributed by atoms with Crippen molar-refractivity contribution in [1.29, 1.82) is 0 Å². The Labute approximate surface area is 160 Å². The summed E-state index contributed by atoms with van der Waals surface area (Å²) in [5, 5.41) is 0. The molecule has 0 aromatic heterocycles. The molecule has 0 spiro atoms. The van der Waals surface area contributed by atoms with Crippen LogP contribution in [-0.2, 0) is 20.5 Å². The zero-order valence-corrected chi connectivity index (χ0v) is 16.2. The first-order valence-corrected chi connectivity index (χ1v) is 10.6. The van der Waals surface area contributed by atoms with Crippen LogP contribution < -0.4 is 9.62 Å². The van der Waals surface area contributed by atoms with Gasteiger partial charge >= 0.3 is 5.97 Å². The normalized spacial score (nSPS) is 14.6. The number of ether oxygens (including phenoxy) is 1. The third-order valence-corrected chi connectivity index (χ3v) is 5.85. The number of sulfonamides is 1. The van der Waals surface area contributed by atoms with Crippen molar-refractivity contribution in [2.75, 3.05) is 29.8 Å². The van der Waals surface area contributed by atoms with Gasteiger partial charge in [-0.2, -0.15) is 0 Å². The summed E-state index contributed by atoms with van der Waals surface area (Å²) in [6, 6.07) is 13.8. The second-order valence-electron chi connectivity index (χ2n) is 6.64. The van der Waals surface area contributed by atoms with Crippen LogP contribution in [-0.4, -0.2) is 34.6 Å². The van der Waals surface area contributed by atoms with E-state index in [1.807, 2.05) is 12.1 Å². The van der Waals surface area contributed by atoms with E-state index in [1.165, 1.54) is 26.4 Å². The third kappa shape index (κ3) is 5.23. The number of esters is 1. The first kappa shape index (κ1) is 19.2. The second kappa shape index (κ2) is 8.43. The summed E-state index contributed by atoms with van der Waals surface area (Å²) in [7, 11) is -2.24. The second-order valence-corrected chi connectivity index (χ2v) is 8.37. The van der Waals surface area contributed by atoms with Crippen molar-refractivity contribution in [2.45, 2.75) is 25.0 Å². The van der Waals surface area contributed by atoms with Gasteiger partial charge in [0.05, 0.1) is 18.4 Å². The molecule has 7 heteroatoms. The summed E-state index contributed by atoms with van der Waals surface area (Å²) < 4.78 is 32.1. The molecule has 0 bridgehead atoms. The standard InChI is InChI=1S/C20H24N2O4S/c1-26-20(23)17-7-5-16(6-8-17)15-27(24,25)21-18-9-11-19(12-10-18)22-13-3-2-4-14-22/h5-12,21H,2-4,13-15H2,1H3. The van der Waals surface area contributed by atoms with Crippen molar-refractivity contribution in [1.82, 2.24) is 0 Å². The molecule has 1 aliphatic heterocycles. The van der Waals surface area contributed by atoms with Crippen molar-refractivity contribution in [3.05, 3.63) is 59.7 Å². The van der Waals surface area contributed by atoms with Gasteiger partial charge in [0.1, 0.15) is 0 Å². The largest absolute Gasteiger partial charge is 0.465 e. The number of piperidine rings is 1. The quantitative estimate of drug-likeness (QED) is 0.768. The van der Waals surface area contributed by atoms with Crippen LogP contribution in [0.4, 0.5) is 11.4 Å². The van der Waals surface area contributed by atoms with Gasteiger partial charge in [0.15, 0.2) is 0 Å². The molecular weight excluding hydrogens is 364 g/mol. The summed E-state index contributed by atoms with van der Waals surface area (Å²) in [4.78, 5) is 13.8. The van der Waals surface area contributed by atoms with Gasteiger partial charge in [-0.25, -0.2) is 13.2 Å². The van der Waals surface area contributed by atoms with E-state index >= 15 is 0 Å². The van der Waals surface area contributed by atoms with Gasteiger partial charge in [-0.1, -0.05) is 12.1 Å². The Morgan fingerprint density at radius 1 is 1.00 bits per heavy atom. The van der Waals surface area contributed by atoms with E-state index in [1.54, 1.807) is 36.4 Å². The maximum absolute atomic E-state index is 12.4. The molecule has 0 radical (unpaired) electrons. The van der Waals surface area contributed by atoms with Gasteiger partial charge in [0.2, 0.25) is 10.0 Å². The van der Waals surface area contributed by atoms with Crippen LogP contribution in [0.25, 0.3) is 0 Å². The minimum absolute atomic E-state index is 0.164. The first-order chi connectivity index (χ1) is 13.0. The van der Waals surface area contributed by atoms with E-state index in [9.17, 15) is 13.2 Å². The van der Waals surface area contributed by atoms with Crippen molar-refractivity contribution >= 4 is 27.4 Å². The minimum Gasteiger partial charge on any atom is -0.465 e. The van der Waals surface area contributed by atoms with E-state index in [4.69, 9.17) is 0 Å². The fourth-order valence-electron chi connectivity index (χ4n) is 3.18. The molecule has 0 unspecified atom stereocenters. The van der Waals surface area contributed by atoms with Crippen molar-refractivity contribution in [2.24, 2.45) is 0 Å². The van der Waals surface area contributed by atoms with Crippen LogP contribution in [0.1, 0.15) is 35.2 Å². The maximum Gasteiger partial charge on any atom is 0.337 e. The highest BCUT2D eigenvalue weighted by Crippen LogP contribution is 2.22. The van der Waals surface area contributed by atoms with Crippen molar-refractivity contribution in [3.63, 3.8) is 0 Å². The minimum atomic E-state index is -3.54. The Morgan fingerprint density at radius 3 is 2.22 bits per heavy atom. The molecule has 2 aromatic rings. The Kier molecular flexibility index (Phi) is 6.01. The zero-order valence-electron chi connectivity index (χ0n) is 15.3. The Hall–Kier alpha value is -2.54. The van der Waals surface area contributed by atoms with E-state index in [-0.39, 0.29) is 5.75 Å². The number of carbonyl (C=O) groups is 1. The van der Waals surface area contributed by atoms with E-state index in [2.05, 4.69) is 14.4 Å². The van der Waals surface area contributed by atoms with Crippen LogP contribution in [0.2, 0.25) is 0 Å². The summed E-state index contributed by atoms with van der Waals surface area (Å²) in [6.45, 7) is 2.10. The monoisotopic (exact) mass is 388 g/mol. The lowest BCUT2D eigenvalue weighted by Crippen LogP contribution is -2.29. The SMILES string of the molecule is COC(=O)c1ccc(CS(=O)(=O)Nc2ccc(N3CCCCC3)cc2)cc1. The number of anilines is 2. The average molecular weight is 388 g/mol. The number of methoxy groups -OCH3 is 1. The Balaban J connectivity index is 1.62. The Bertz CT molecular complexity index is 871. The topological polar surface area (TPSA) is 75.7 Å². The molecule has 0 saturated carbocycles. The summed E-state index contributed by atoms with van der Waals surface area (Å²) in [6.07, 6.45) is 3.67. The van der Waals surface area contributed by atoms with Gasteiger partial charge in [0, 0.05) is 24.5 Å². The lowest BCUT2D eigenvalue weighted by molar-refractivity contribution is 0.0600. The molecule has 1 heterocycles. The first-order valence-electron chi connectivity index (χ1n) is 8.99. The molecule has 144 valence electrons. The molecule has 0 aliphatic carbocycles. The number of hydrogen-bond donors (Lipinski definition) is 1. The van der Waals surface area contributed by atoms with Gasteiger partial charge in [-0.15, -0.1) is 0 Å². The van der Waals surface area contributed by atoms with Crippen LogP contribution in [0.15, 0.2) is 48.5 Å². The predicted molar refractivity (Wildman–Crippen MR) is 107 cm³/mol. The lowest BCUT2D eigenvalue weighted by Gasteiger charge is -2.28. The number of carbonyl (C=O) groups excluding carboxylic acids is 1. The zero-order chi connectivity index (χ0) is 19.3. The smallest absolute Gasteiger partial charge is 0.337 e. The fourth-order valence-corrected chi connectivity index (χ4v) is 4.38. The summed E-state index contributed by atoms with van der Waals surface area (Å²) in [5.41, 5.74) is 2.65. The summed E-state index contributed by atoms with van der Waals surface area (Å²) in [5.74, 6) is -0.612. The number of nitrogens with zero attached hydrogens (tertiary/aromatic N) is 1. The van der Waals surface area contributed by atoms with Crippen LogP contribution >= 0.6 is 0 Å². The van der Waals surface area contributed by atoms with Crippen molar-refractivity contribution in [3.8, 4) is 0 Å². The molecule has 1 saturated heterocycles. The third-order valence-electron chi connectivity index (χ3n) is 4.59. The average Bonchev–Trinajstić information content (AvgIpc) is 2.68. The van der Waals surface area contributed by atoms with Gasteiger partial charge in [-0.05, 0) is 61.2 Å². The molecule has 0 atom stereocenters. The van der Waals surface area contributed by atoms with E-state index in [0.717, 1.165) is 18.8 Å². The number of benzene rings is 2. The molecule has 0 amide bonds. The molecule has 1 aliphatic rings. The van der Waals surface area contributed by atoms with Crippen LogP contribution in [0.3, 0.4) is 0 Å². The highest BCUT2D eigenvalue weighted by atomic mass is 32.2. The molecule has 1 fully saturated rings.